The number of hydrogen-bond acceptors (Lipinski definition) is 2. The highest BCUT2D eigenvalue weighted by Crippen LogP contribution is 2.37. The molecule has 0 N–H and O–H groups in total. The Labute approximate surface area is 104 Å². The lowest BCUT2D eigenvalue weighted by Gasteiger charge is -2.18. The van der Waals surface area contributed by atoms with Crippen LogP contribution < -0.4 is 0 Å². The van der Waals surface area contributed by atoms with Crippen LogP contribution in [0.4, 0.5) is 0 Å². The molecule has 84 valence electrons. The average Bonchev–Trinajstić information content (AvgIpc) is 2.44. The van der Waals surface area contributed by atoms with Crippen molar-refractivity contribution < 1.29 is 4.79 Å². The number of carbonyl (C=O) groups excluding carboxylic acids is 1. The maximum atomic E-state index is 12.5. The van der Waals surface area contributed by atoms with Gasteiger partial charge in [-0.05, 0) is 17.5 Å². The normalized spacial score (nSPS) is 12.6. The molecule has 2 nitrogen and oxygen atoms in total. The molecule has 0 saturated heterocycles. The lowest BCUT2D eigenvalue weighted by atomic mass is 9.86. The molecule has 3 aromatic rings. The molecule has 0 aliphatic heterocycles. The molecular weight excluding hydrogens is 222 g/mol. The van der Waals surface area contributed by atoms with Crippen molar-refractivity contribution in [1.29, 1.82) is 0 Å². The zero-order valence-electron chi connectivity index (χ0n) is 9.55. The third kappa shape index (κ3) is 1.07. The Hall–Kier alpha value is -2.48. The van der Waals surface area contributed by atoms with Gasteiger partial charge >= 0.3 is 0 Å². The molecule has 1 aliphatic carbocycles. The first kappa shape index (κ1) is 9.54. The van der Waals surface area contributed by atoms with Crippen molar-refractivity contribution in [2.75, 3.05) is 0 Å². The molecule has 2 aromatic carbocycles. The monoisotopic (exact) mass is 231 g/mol. The molecule has 1 aromatic heterocycles. The quantitative estimate of drug-likeness (QED) is 0.464. The van der Waals surface area contributed by atoms with Gasteiger partial charge in [0.15, 0.2) is 5.78 Å². The minimum absolute atomic E-state index is 0.0717. The Bertz CT molecular complexity index is 800. The number of carbonyl (C=O) groups is 1. The van der Waals surface area contributed by atoms with Gasteiger partial charge in [0.1, 0.15) is 0 Å². The predicted octanol–water partition coefficient (Wildman–Crippen LogP) is 3.45. The largest absolute Gasteiger partial charge is 0.289 e. The lowest BCUT2D eigenvalue weighted by molar-refractivity contribution is 0.104. The van der Waals surface area contributed by atoms with Crippen LogP contribution in [-0.2, 0) is 0 Å². The number of aromatic nitrogens is 1. The van der Waals surface area contributed by atoms with Gasteiger partial charge in [0.25, 0.3) is 0 Å². The van der Waals surface area contributed by atoms with Crippen molar-refractivity contribution in [3.63, 3.8) is 0 Å². The second-order valence-electron chi connectivity index (χ2n) is 4.44. The molecular formula is C16H9NO. The van der Waals surface area contributed by atoms with Gasteiger partial charge in [-0.1, -0.05) is 36.4 Å². The van der Waals surface area contributed by atoms with Crippen LogP contribution in [0.15, 0.2) is 54.7 Å². The van der Waals surface area contributed by atoms with E-state index in [9.17, 15) is 4.79 Å². The first-order chi connectivity index (χ1) is 8.86. The average molecular weight is 231 g/mol. The van der Waals surface area contributed by atoms with Crippen LogP contribution >= 0.6 is 0 Å². The fourth-order valence-electron chi connectivity index (χ4n) is 2.68. The highest BCUT2D eigenvalue weighted by molar-refractivity contribution is 6.25. The first-order valence-corrected chi connectivity index (χ1v) is 5.88. The van der Waals surface area contributed by atoms with Gasteiger partial charge in [-0.25, -0.2) is 0 Å². The predicted molar refractivity (Wildman–Crippen MR) is 70.6 cm³/mol. The van der Waals surface area contributed by atoms with Crippen LogP contribution in [0.1, 0.15) is 15.9 Å². The summed E-state index contributed by atoms with van der Waals surface area (Å²) in [7, 11) is 0. The Morgan fingerprint density at radius 3 is 2.33 bits per heavy atom. The summed E-state index contributed by atoms with van der Waals surface area (Å²) < 4.78 is 0. The highest BCUT2D eigenvalue weighted by Gasteiger charge is 2.25. The smallest absolute Gasteiger partial charge is 0.195 e. The molecule has 0 atom stereocenters. The first-order valence-electron chi connectivity index (χ1n) is 5.88. The van der Waals surface area contributed by atoms with Gasteiger partial charge in [-0.2, -0.15) is 0 Å². The van der Waals surface area contributed by atoms with Crippen molar-refractivity contribution in [2.45, 2.75) is 0 Å². The SMILES string of the molecule is O=C1c2cccnc2-c2cccc3cccc1c23. The van der Waals surface area contributed by atoms with Crippen LogP contribution in [-0.4, -0.2) is 10.8 Å². The number of fused-ring (bicyclic) bond motifs is 2. The molecule has 1 aliphatic rings. The molecule has 0 bridgehead atoms. The molecule has 4 rings (SSSR count). The number of benzene rings is 2. The molecule has 2 heteroatoms. The number of pyridine rings is 1. The fourth-order valence-corrected chi connectivity index (χ4v) is 2.68. The fraction of sp³-hybridized carbons (Fsp3) is 0. The van der Waals surface area contributed by atoms with Crippen LogP contribution in [0, 0.1) is 0 Å². The maximum Gasteiger partial charge on any atom is 0.195 e. The second kappa shape index (κ2) is 3.26. The molecule has 0 radical (unpaired) electrons. The van der Waals surface area contributed by atoms with E-state index in [1.54, 1.807) is 6.20 Å². The summed E-state index contributed by atoms with van der Waals surface area (Å²) in [6, 6.07) is 15.6. The van der Waals surface area contributed by atoms with E-state index in [2.05, 4.69) is 4.98 Å². The zero-order valence-corrected chi connectivity index (χ0v) is 9.55. The third-order valence-corrected chi connectivity index (χ3v) is 3.46. The van der Waals surface area contributed by atoms with Gasteiger partial charge in [-0.3, -0.25) is 9.78 Å². The minimum Gasteiger partial charge on any atom is -0.289 e. The second-order valence-corrected chi connectivity index (χ2v) is 4.44. The number of rotatable bonds is 0. The van der Waals surface area contributed by atoms with Gasteiger partial charge in [0.05, 0.1) is 5.69 Å². The van der Waals surface area contributed by atoms with E-state index in [1.165, 1.54) is 0 Å². The summed E-state index contributed by atoms with van der Waals surface area (Å²) in [6.45, 7) is 0. The van der Waals surface area contributed by atoms with Crippen molar-refractivity contribution in [3.8, 4) is 11.3 Å². The van der Waals surface area contributed by atoms with E-state index in [4.69, 9.17) is 0 Å². The van der Waals surface area contributed by atoms with Gasteiger partial charge < -0.3 is 0 Å². The summed E-state index contributed by atoms with van der Waals surface area (Å²) in [5, 5.41) is 2.12. The van der Waals surface area contributed by atoms with Crippen molar-refractivity contribution in [2.24, 2.45) is 0 Å². The Balaban J connectivity index is 2.28. The van der Waals surface area contributed by atoms with E-state index in [-0.39, 0.29) is 5.78 Å². The topological polar surface area (TPSA) is 30.0 Å². The molecule has 1 heterocycles. The Morgan fingerprint density at radius 1 is 0.778 bits per heavy atom. The van der Waals surface area contributed by atoms with E-state index < -0.39 is 0 Å². The van der Waals surface area contributed by atoms with E-state index >= 15 is 0 Å². The lowest BCUT2D eigenvalue weighted by Crippen LogP contribution is -2.10. The van der Waals surface area contributed by atoms with Crippen molar-refractivity contribution >= 4 is 16.6 Å². The molecule has 0 unspecified atom stereocenters. The van der Waals surface area contributed by atoms with Crippen LogP contribution in [0.5, 0.6) is 0 Å². The van der Waals surface area contributed by atoms with Crippen LogP contribution in [0.2, 0.25) is 0 Å². The third-order valence-electron chi connectivity index (χ3n) is 3.46. The summed E-state index contributed by atoms with van der Waals surface area (Å²) >= 11 is 0. The molecule has 18 heavy (non-hydrogen) atoms. The van der Waals surface area contributed by atoms with Gasteiger partial charge in [-0.15, -0.1) is 0 Å². The van der Waals surface area contributed by atoms with Crippen molar-refractivity contribution in [3.05, 3.63) is 65.9 Å². The summed E-state index contributed by atoms with van der Waals surface area (Å²) in [4.78, 5) is 16.8. The van der Waals surface area contributed by atoms with Gasteiger partial charge in [0.2, 0.25) is 0 Å². The molecule has 0 fully saturated rings. The number of ketones is 1. The Morgan fingerprint density at radius 2 is 1.50 bits per heavy atom. The summed E-state index contributed by atoms with van der Waals surface area (Å²) in [6.07, 6.45) is 1.74. The van der Waals surface area contributed by atoms with E-state index in [1.807, 2.05) is 48.5 Å². The van der Waals surface area contributed by atoms with Crippen LogP contribution in [0.3, 0.4) is 0 Å². The van der Waals surface area contributed by atoms with Crippen LogP contribution in [0.25, 0.3) is 22.0 Å². The maximum absolute atomic E-state index is 12.5. The number of nitrogens with zero attached hydrogens (tertiary/aromatic N) is 1. The van der Waals surface area contributed by atoms with Gasteiger partial charge in [0, 0.05) is 28.3 Å². The summed E-state index contributed by atoms with van der Waals surface area (Å²) in [5.74, 6) is 0.0717. The van der Waals surface area contributed by atoms with Crippen molar-refractivity contribution in [1.82, 2.24) is 4.98 Å². The minimum atomic E-state index is 0.0717. The molecule has 0 spiro atoms. The van der Waals surface area contributed by atoms with E-state index in [0.29, 0.717) is 5.56 Å². The zero-order chi connectivity index (χ0) is 12.1. The highest BCUT2D eigenvalue weighted by atomic mass is 16.1. The molecule has 0 amide bonds. The Kier molecular flexibility index (Phi) is 1.73. The summed E-state index contributed by atoms with van der Waals surface area (Å²) in [5.41, 5.74) is 3.33. The van der Waals surface area contributed by atoms with E-state index in [0.717, 1.165) is 27.6 Å². The molecule has 0 saturated carbocycles. The number of hydrogen-bond donors (Lipinski definition) is 0. The standard InChI is InChI=1S/C16H9NO/c18-16-12-7-2-5-10-4-1-6-11(14(10)12)15-13(16)8-3-9-17-15/h1-9H.